The third kappa shape index (κ3) is 0.699. The summed E-state index contributed by atoms with van der Waals surface area (Å²) in [6, 6.07) is 0. The first-order valence-corrected chi connectivity index (χ1v) is 3.01. The van der Waals surface area contributed by atoms with Crippen LogP contribution in [0.5, 0.6) is 0 Å². The van der Waals surface area contributed by atoms with E-state index in [4.69, 9.17) is 0 Å². The fourth-order valence-corrected chi connectivity index (χ4v) is 0.837. The van der Waals surface area contributed by atoms with Gasteiger partial charge in [-0.3, -0.25) is 0 Å². The molecule has 0 spiro atoms. The summed E-state index contributed by atoms with van der Waals surface area (Å²) in [5.41, 5.74) is 0.963. The summed E-state index contributed by atoms with van der Waals surface area (Å²) < 4.78 is 0. The van der Waals surface area contributed by atoms with Gasteiger partial charge in [0.2, 0.25) is 0 Å². The normalized spacial score (nSPS) is 13.2. The molecule has 4 nitrogen and oxygen atoms in total. The molecule has 0 fully saturated rings. The van der Waals surface area contributed by atoms with Crippen molar-refractivity contribution in [2.75, 3.05) is 10.6 Å². The standard InChI is InChI=1S/C6H6N4/c1-2-9-6-5(8-1)3-7-4-10-6/h1-4,8H,(H,7,9,10)/p+1. The van der Waals surface area contributed by atoms with Crippen molar-refractivity contribution in [2.45, 2.75) is 0 Å². The fourth-order valence-electron chi connectivity index (χ4n) is 0.837. The molecule has 3 N–H and O–H groups in total. The van der Waals surface area contributed by atoms with Crippen LogP contribution in [0.1, 0.15) is 0 Å². The molecule has 0 saturated carbocycles. The van der Waals surface area contributed by atoms with Crippen molar-refractivity contribution in [1.82, 2.24) is 4.98 Å². The molecule has 0 radical (unpaired) electrons. The number of nitrogens with one attached hydrogen (secondary N) is 3. The van der Waals surface area contributed by atoms with Crippen molar-refractivity contribution in [3.8, 4) is 0 Å². The first-order valence-electron chi connectivity index (χ1n) is 3.01. The summed E-state index contributed by atoms with van der Waals surface area (Å²) in [7, 11) is 0. The Morgan fingerprint density at radius 3 is 3.10 bits per heavy atom. The molecule has 50 valence electrons. The van der Waals surface area contributed by atoms with Gasteiger partial charge < -0.3 is 10.6 Å². The van der Waals surface area contributed by atoms with E-state index in [-0.39, 0.29) is 0 Å². The highest BCUT2D eigenvalue weighted by molar-refractivity contribution is 5.66. The molecule has 1 aliphatic rings. The van der Waals surface area contributed by atoms with Crippen molar-refractivity contribution in [3.63, 3.8) is 0 Å². The Morgan fingerprint density at radius 2 is 2.20 bits per heavy atom. The average molecular weight is 135 g/mol. The summed E-state index contributed by atoms with van der Waals surface area (Å²) in [5.74, 6) is 0.848. The van der Waals surface area contributed by atoms with Crippen LogP contribution in [0.15, 0.2) is 24.9 Å². The van der Waals surface area contributed by atoms with Gasteiger partial charge in [0.25, 0.3) is 12.1 Å². The third-order valence-corrected chi connectivity index (χ3v) is 1.29. The first kappa shape index (κ1) is 5.22. The molecule has 1 aliphatic heterocycles. The van der Waals surface area contributed by atoms with Gasteiger partial charge >= 0.3 is 0 Å². The van der Waals surface area contributed by atoms with Crippen LogP contribution in [-0.4, -0.2) is 4.98 Å². The second-order valence-corrected chi connectivity index (χ2v) is 1.95. The van der Waals surface area contributed by atoms with Crippen molar-refractivity contribution in [2.24, 2.45) is 0 Å². The van der Waals surface area contributed by atoms with E-state index in [0.717, 1.165) is 11.5 Å². The van der Waals surface area contributed by atoms with Gasteiger partial charge in [-0.25, -0.2) is 4.98 Å². The smallest absolute Gasteiger partial charge is 0.286 e. The zero-order valence-electron chi connectivity index (χ0n) is 5.26. The van der Waals surface area contributed by atoms with Gasteiger partial charge in [-0.1, -0.05) is 0 Å². The first-order chi connectivity index (χ1) is 4.97. The van der Waals surface area contributed by atoms with Crippen molar-refractivity contribution in [3.05, 3.63) is 24.9 Å². The van der Waals surface area contributed by atoms with Crippen molar-refractivity contribution in [1.29, 1.82) is 0 Å². The molecule has 1 aromatic rings. The second kappa shape index (κ2) is 1.98. The Kier molecular flexibility index (Phi) is 1.04. The number of hydrogen-bond acceptors (Lipinski definition) is 3. The molecule has 1 aromatic heterocycles. The van der Waals surface area contributed by atoms with E-state index >= 15 is 0 Å². The topological polar surface area (TPSA) is 51.1 Å². The van der Waals surface area contributed by atoms with Crippen LogP contribution in [0.25, 0.3) is 0 Å². The van der Waals surface area contributed by atoms with E-state index in [1.807, 2.05) is 12.4 Å². The highest BCUT2D eigenvalue weighted by Gasteiger charge is 2.08. The molecule has 0 aliphatic carbocycles. The monoisotopic (exact) mass is 135 g/mol. The van der Waals surface area contributed by atoms with E-state index in [2.05, 4.69) is 20.6 Å². The van der Waals surface area contributed by atoms with Gasteiger partial charge in [0.15, 0.2) is 0 Å². The van der Waals surface area contributed by atoms with Crippen LogP contribution >= 0.6 is 0 Å². The van der Waals surface area contributed by atoms with E-state index in [1.165, 1.54) is 0 Å². The van der Waals surface area contributed by atoms with Gasteiger partial charge in [-0.15, -0.1) is 0 Å². The predicted molar refractivity (Wildman–Crippen MR) is 37.2 cm³/mol. The number of nitrogens with zero attached hydrogens (tertiary/aromatic N) is 1. The molecular formula is C6H7N4+. The van der Waals surface area contributed by atoms with Crippen LogP contribution in [0.4, 0.5) is 11.5 Å². The quantitative estimate of drug-likeness (QED) is 0.534. The number of anilines is 2. The lowest BCUT2D eigenvalue weighted by Gasteiger charge is -2.05. The van der Waals surface area contributed by atoms with Gasteiger partial charge in [0.1, 0.15) is 11.9 Å². The zero-order chi connectivity index (χ0) is 6.81. The predicted octanol–water partition coefficient (Wildman–Crippen LogP) is 0.204. The van der Waals surface area contributed by atoms with E-state index in [0.29, 0.717) is 0 Å². The SMILES string of the molecule is C1=CNc2nc[nH+]cc2N1. The molecule has 0 bridgehead atoms. The number of aromatic amines is 1. The number of fused-ring (bicyclic) bond motifs is 1. The lowest BCUT2D eigenvalue weighted by atomic mass is 10.4. The Labute approximate surface area is 58.0 Å². The maximum absolute atomic E-state index is 4.04. The molecular weight excluding hydrogens is 128 g/mol. The van der Waals surface area contributed by atoms with Crippen LogP contribution in [-0.2, 0) is 0 Å². The number of aromatic nitrogens is 2. The van der Waals surface area contributed by atoms with Gasteiger partial charge in [0.05, 0.1) is 0 Å². The van der Waals surface area contributed by atoms with Crippen LogP contribution < -0.4 is 15.6 Å². The summed E-state index contributed by atoms with van der Waals surface area (Å²) in [5, 5.41) is 6.01. The van der Waals surface area contributed by atoms with Gasteiger partial charge in [-0.2, -0.15) is 0 Å². The average Bonchev–Trinajstić information content (AvgIpc) is 2.05. The van der Waals surface area contributed by atoms with E-state index < -0.39 is 0 Å². The maximum atomic E-state index is 4.04. The lowest BCUT2D eigenvalue weighted by molar-refractivity contribution is -0.381. The highest BCUT2D eigenvalue weighted by Crippen LogP contribution is 2.17. The Bertz CT molecular complexity index is 241. The number of rotatable bonds is 0. The minimum atomic E-state index is 0.848. The van der Waals surface area contributed by atoms with Gasteiger partial charge in [0, 0.05) is 12.4 Å². The molecule has 2 rings (SSSR count). The van der Waals surface area contributed by atoms with Gasteiger partial charge in [-0.05, 0) is 4.98 Å². The molecule has 4 heteroatoms. The molecule has 0 aromatic carbocycles. The highest BCUT2D eigenvalue weighted by atomic mass is 15.1. The molecule has 10 heavy (non-hydrogen) atoms. The summed E-state index contributed by atoms with van der Waals surface area (Å²) in [6.07, 6.45) is 7.10. The summed E-state index contributed by atoms with van der Waals surface area (Å²) in [4.78, 5) is 6.91. The molecule has 2 heterocycles. The minimum Gasteiger partial charge on any atom is -0.352 e. The lowest BCUT2D eigenvalue weighted by Crippen LogP contribution is -2.10. The summed E-state index contributed by atoms with van der Waals surface area (Å²) >= 11 is 0. The van der Waals surface area contributed by atoms with Crippen LogP contribution in [0.2, 0.25) is 0 Å². The largest absolute Gasteiger partial charge is 0.352 e. The molecule has 0 amide bonds. The van der Waals surface area contributed by atoms with Crippen molar-refractivity contribution >= 4 is 11.5 Å². The van der Waals surface area contributed by atoms with E-state index in [9.17, 15) is 0 Å². The maximum Gasteiger partial charge on any atom is 0.286 e. The Morgan fingerprint density at radius 1 is 1.30 bits per heavy atom. The zero-order valence-corrected chi connectivity index (χ0v) is 5.26. The van der Waals surface area contributed by atoms with Crippen LogP contribution in [0, 0.1) is 0 Å². The number of hydrogen-bond donors (Lipinski definition) is 2. The fraction of sp³-hybridized carbons (Fsp3) is 0. The third-order valence-electron chi connectivity index (χ3n) is 1.29. The molecule has 0 saturated heterocycles. The van der Waals surface area contributed by atoms with Crippen LogP contribution in [0.3, 0.4) is 0 Å². The Balaban J connectivity index is 2.47. The minimum absolute atomic E-state index is 0.848. The summed E-state index contributed by atoms with van der Waals surface area (Å²) in [6.45, 7) is 0. The number of H-pyrrole nitrogens is 1. The molecule has 0 atom stereocenters. The van der Waals surface area contributed by atoms with Crippen molar-refractivity contribution < 1.29 is 4.98 Å². The van der Waals surface area contributed by atoms with E-state index in [1.54, 1.807) is 12.5 Å². The Hall–Kier alpha value is -1.58. The second-order valence-electron chi connectivity index (χ2n) is 1.95. The molecule has 0 unspecified atom stereocenters.